The molecule has 26 heavy (non-hydrogen) atoms. The summed E-state index contributed by atoms with van der Waals surface area (Å²) in [6.45, 7) is 4.47. The molecular formula is C21H25N3O2. The van der Waals surface area contributed by atoms with Gasteiger partial charge < -0.3 is 14.3 Å². The molecule has 0 spiro atoms. The smallest absolute Gasteiger partial charge is 0.253 e. The van der Waals surface area contributed by atoms with E-state index < -0.39 is 0 Å². The van der Waals surface area contributed by atoms with Crippen LogP contribution in [0.2, 0.25) is 0 Å². The Bertz CT molecular complexity index is 864. The van der Waals surface area contributed by atoms with Crippen molar-refractivity contribution in [2.45, 2.75) is 19.9 Å². The first kappa shape index (κ1) is 18.0. The molecule has 3 aromatic rings. The summed E-state index contributed by atoms with van der Waals surface area (Å²) >= 11 is 0. The molecule has 2 aromatic heterocycles. The number of aromatic nitrogens is 1. The number of carbonyl (C=O) groups is 1. The average molecular weight is 351 g/mol. The molecule has 0 saturated heterocycles. The van der Waals surface area contributed by atoms with Gasteiger partial charge in [-0.25, -0.2) is 0 Å². The van der Waals surface area contributed by atoms with Crippen molar-refractivity contribution < 1.29 is 9.21 Å². The molecule has 1 amide bonds. The summed E-state index contributed by atoms with van der Waals surface area (Å²) in [5.41, 5.74) is 3.73. The van der Waals surface area contributed by atoms with Crippen molar-refractivity contribution in [3.8, 4) is 5.69 Å². The first-order valence-corrected chi connectivity index (χ1v) is 8.71. The molecule has 1 unspecified atom stereocenters. The van der Waals surface area contributed by atoms with Gasteiger partial charge in [0, 0.05) is 23.6 Å². The maximum atomic E-state index is 12.8. The lowest BCUT2D eigenvalue weighted by Gasteiger charge is -2.22. The third-order valence-corrected chi connectivity index (χ3v) is 4.64. The number of hydrogen-bond donors (Lipinski definition) is 1. The van der Waals surface area contributed by atoms with E-state index >= 15 is 0 Å². The Morgan fingerprint density at radius 3 is 2.50 bits per heavy atom. The van der Waals surface area contributed by atoms with E-state index in [9.17, 15) is 4.79 Å². The highest BCUT2D eigenvalue weighted by atomic mass is 16.3. The van der Waals surface area contributed by atoms with Gasteiger partial charge in [0.15, 0.2) is 0 Å². The molecule has 1 aromatic carbocycles. The van der Waals surface area contributed by atoms with Gasteiger partial charge in [0.25, 0.3) is 5.91 Å². The molecule has 1 N–H and O–H groups in total. The largest absolute Gasteiger partial charge is 0.468 e. The minimum atomic E-state index is -0.0707. The Morgan fingerprint density at radius 2 is 1.88 bits per heavy atom. The highest BCUT2D eigenvalue weighted by Gasteiger charge is 2.21. The van der Waals surface area contributed by atoms with Crippen molar-refractivity contribution in [2.24, 2.45) is 0 Å². The van der Waals surface area contributed by atoms with Gasteiger partial charge in [-0.15, -0.1) is 0 Å². The first-order valence-electron chi connectivity index (χ1n) is 8.71. The van der Waals surface area contributed by atoms with Gasteiger partial charge in [-0.3, -0.25) is 9.69 Å². The molecule has 3 rings (SSSR count). The van der Waals surface area contributed by atoms with Gasteiger partial charge in [-0.1, -0.05) is 18.2 Å². The molecule has 5 heteroatoms. The van der Waals surface area contributed by atoms with E-state index in [1.54, 1.807) is 6.26 Å². The van der Waals surface area contributed by atoms with Crippen LogP contribution in [-0.4, -0.2) is 36.0 Å². The number of amides is 1. The van der Waals surface area contributed by atoms with E-state index in [1.165, 1.54) is 0 Å². The van der Waals surface area contributed by atoms with Crippen molar-refractivity contribution in [2.75, 3.05) is 20.6 Å². The van der Waals surface area contributed by atoms with E-state index in [2.05, 4.69) is 9.88 Å². The Hall–Kier alpha value is -2.79. The van der Waals surface area contributed by atoms with Gasteiger partial charge in [0.05, 0.1) is 17.9 Å². The molecule has 0 radical (unpaired) electrons. The van der Waals surface area contributed by atoms with Crippen LogP contribution in [0.5, 0.6) is 0 Å². The Labute approximate surface area is 154 Å². The van der Waals surface area contributed by atoms with E-state index in [4.69, 9.17) is 4.42 Å². The summed E-state index contributed by atoms with van der Waals surface area (Å²) in [5, 5.41) is 3.05. The number of furan rings is 1. The minimum Gasteiger partial charge on any atom is -0.468 e. The molecule has 0 aliphatic rings. The summed E-state index contributed by atoms with van der Waals surface area (Å²) in [6.07, 6.45) is 1.65. The number of carbonyl (C=O) groups excluding carboxylic acids is 1. The monoisotopic (exact) mass is 351 g/mol. The minimum absolute atomic E-state index is 0.00781. The Balaban J connectivity index is 1.78. The molecule has 0 saturated carbocycles. The fourth-order valence-electron chi connectivity index (χ4n) is 3.27. The number of para-hydroxylation sites is 1. The lowest BCUT2D eigenvalue weighted by Crippen LogP contribution is -2.34. The van der Waals surface area contributed by atoms with E-state index in [0.717, 1.165) is 22.8 Å². The van der Waals surface area contributed by atoms with Crippen LogP contribution in [0.3, 0.4) is 0 Å². The molecule has 0 bridgehead atoms. The van der Waals surface area contributed by atoms with E-state index in [0.29, 0.717) is 12.1 Å². The number of benzene rings is 1. The van der Waals surface area contributed by atoms with Crippen molar-refractivity contribution in [3.63, 3.8) is 0 Å². The zero-order valence-electron chi connectivity index (χ0n) is 15.7. The molecular weight excluding hydrogens is 326 g/mol. The molecule has 0 aliphatic heterocycles. The summed E-state index contributed by atoms with van der Waals surface area (Å²) in [5.74, 6) is 0.767. The number of rotatable bonds is 6. The van der Waals surface area contributed by atoms with Crippen LogP contribution in [0, 0.1) is 13.8 Å². The lowest BCUT2D eigenvalue weighted by atomic mass is 10.2. The van der Waals surface area contributed by atoms with Gasteiger partial charge in [0.2, 0.25) is 0 Å². The average Bonchev–Trinajstić information content (AvgIpc) is 3.24. The fraction of sp³-hybridized carbons (Fsp3) is 0.286. The second kappa shape index (κ2) is 7.62. The lowest BCUT2D eigenvalue weighted by molar-refractivity contribution is 0.0938. The molecule has 1 atom stereocenters. The summed E-state index contributed by atoms with van der Waals surface area (Å²) in [6, 6.07) is 15.8. The third kappa shape index (κ3) is 3.58. The normalized spacial score (nSPS) is 12.3. The van der Waals surface area contributed by atoms with Crippen LogP contribution in [0.4, 0.5) is 0 Å². The Kier molecular flexibility index (Phi) is 5.28. The SMILES string of the molecule is Cc1cc(C(=O)NCC(c2ccco2)N(C)C)c(C)n1-c1ccccc1. The molecule has 0 fully saturated rings. The zero-order chi connectivity index (χ0) is 18.7. The van der Waals surface area contributed by atoms with E-state index in [-0.39, 0.29) is 11.9 Å². The van der Waals surface area contributed by atoms with Gasteiger partial charge in [-0.05, 0) is 58.3 Å². The van der Waals surface area contributed by atoms with Crippen LogP contribution < -0.4 is 5.32 Å². The maximum Gasteiger partial charge on any atom is 0.253 e. The van der Waals surface area contributed by atoms with Gasteiger partial charge in [-0.2, -0.15) is 0 Å². The third-order valence-electron chi connectivity index (χ3n) is 4.64. The maximum absolute atomic E-state index is 12.8. The molecule has 2 heterocycles. The van der Waals surface area contributed by atoms with Gasteiger partial charge in [0.1, 0.15) is 5.76 Å². The predicted molar refractivity (Wildman–Crippen MR) is 103 cm³/mol. The number of nitrogens with zero attached hydrogens (tertiary/aromatic N) is 2. The number of hydrogen-bond acceptors (Lipinski definition) is 3. The topological polar surface area (TPSA) is 50.4 Å². The van der Waals surface area contributed by atoms with Crippen molar-refractivity contribution >= 4 is 5.91 Å². The van der Waals surface area contributed by atoms with Gasteiger partial charge >= 0.3 is 0 Å². The highest BCUT2D eigenvalue weighted by Crippen LogP contribution is 2.22. The van der Waals surface area contributed by atoms with Crippen molar-refractivity contribution in [1.82, 2.24) is 14.8 Å². The van der Waals surface area contributed by atoms with E-state index in [1.807, 2.05) is 81.4 Å². The number of likely N-dealkylation sites (N-methyl/N-ethyl adjacent to an activating group) is 1. The predicted octanol–water partition coefficient (Wildman–Crippen LogP) is 3.72. The summed E-state index contributed by atoms with van der Waals surface area (Å²) < 4.78 is 7.60. The molecule has 5 nitrogen and oxygen atoms in total. The summed E-state index contributed by atoms with van der Waals surface area (Å²) in [7, 11) is 3.95. The van der Waals surface area contributed by atoms with Crippen LogP contribution in [0.15, 0.2) is 59.2 Å². The van der Waals surface area contributed by atoms with Crippen LogP contribution >= 0.6 is 0 Å². The van der Waals surface area contributed by atoms with Crippen LogP contribution in [0.25, 0.3) is 5.69 Å². The number of aryl methyl sites for hydroxylation is 1. The second-order valence-corrected chi connectivity index (χ2v) is 6.66. The second-order valence-electron chi connectivity index (χ2n) is 6.66. The van der Waals surface area contributed by atoms with Crippen molar-refractivity contribution in [3.05, 3.63) is 77.5 Å². The highest BCUT2D eigenvalue weighted by molar-refractivity contribution is 5.96. The summed E-state index contributed by atoms with van der Waals surface area (Å²) in [4.78, 5) is 14.8. The zero-order valence-corrected chi connectivity index (χ0v) is 15.7. The van der Waals surface area contributed by atoms with Crippen LogP contribution in [0.1, 0.15) is 33.5 Å². The standard InChI is InChI=1S/C21H25N3O2/c1-15-13-18(16(2)24(15)17-9-6-5-7-10-17)21(25)22-14-19(23(3)4)20-11-8-12-26-20/h5-13,19H,14H2,1-4H3,(H,22,25). The van der Waals surface area contributed by atoms with Crippen LogP contribution in [-0.2, 0) is 0 Å². The number of nitrogens with one attached hydrogen (secondary N) is 1. The molecule has 0 aliphatic carbocycles. The Morgan fingerprint density at radius 1 is 1.15 bits per heavy atom. The van der Waals surface area contributed by atoms with Crippen molar-refractivity contribution in [1.29, 1.82) is 0 Å². The fourth-order valence-corrected chi connectivity index (χ4v) is 3.27. The quantitative estimate of drug-likeness (QED) is 0.736. The molecule has 136 valence electrons. The first-order chi connectivity index (χ1) is 12.5.